The van der Waals surface area contributed by atoms with Gasteiger partial charge in [0, 0.05) is 16.8 Å². The van der Waals surface area contributed by atoms with E-state index < -0.39 is 0 Å². The van der Waals surface area contributed by atoms with E-state index in [1.807, 2.05) is 0 Å². The van der Waals surface area contributed by atoms with Crippen LogP contribution < -0.4 is 10.6 Å². The number of carbonyl (C=O) groups excluding carboxylic acids is 2. The Labute approximate surface area is 155 Å². The van der Waals surface area contributed by atoms with Crippen molar-refractivity contribution < 1.29 is 9.59 Å². The average Bonchev–Trinajstić information content (AvgIpc) is 2.53. The molecule has 1 aromatic rings. The Hall–Kier alpha value is -1.59. The number of nitrogens with one attached hydrogen (secondary N) is 2. The van der Waals surface area contributed by atoms with E-state index in [0.29, 0.717) is 22.5 Å². The molecule has 1 fully saturated rings. The van der Waals surface area contributed by atoms with E-state index in [2.05, 4.69) is 24.5 Å². The third-order valence-corrected chi connectivity index (χ3v) is 5.26. The van der Waals surface area contributed by atoms with Crippen molar-refractivity contribution in [3.05, 3.63) is 29.3 Å². The molecule has 3 atom stereocenters. The van der Waals surface area contributed by atoms with Crippen molar-refractivity contribution in [2.75, 3.05) is 25.5 Å². The highest BCUT2D eigenvalue weighted by Crippen LogP contribution is 2.29. The Kier molecular flexibility index (Phi) is 7.26. The Morgan fingerprint density at radius 1 is 1.12 bits per heavy atom. The molecule has 0 aromatic heterocycles. The smallest absolute Gasteiger partial charge is 0.238 e. The molecule has 6 heteroatoms. The summed E-state index contributed by atoms with van der Waals surface area (Å²) in [6.07, 6.45) is 3.44. The van der Waals surface area contributed by atoms with Crippen molar-refractivity contribution in [2.45, 2.75) is 39.2 Å². The molecular formula is C19H28ClN3O2. The summed E-state index contributed by atoms with van der Waals surface area (Å²) in [6.45, 7) is 4.83. The minimum absolute atomic E-state index is 0.0206. The summed E-state index contributed by atoms with van der Waals surface area (Å²) in [7, 11) is 1.77. The third-order valence-electron chi connectivity index (χ3n) is 5.01. The summed E-state index contributed by atoms with van der Waals surface area (Å²) >= 11 is 5.82. The van der Waals surface area contributed by atoms with Gasteiger partial charge in [-0.3, -0.25) is 14.5 Å². The van der Waals surface area contributed by atoms with Crippen molar-refractivity contribution in [2.24, 2.45) is 11.8 Å². The van der Waals surface area contributed by atoms with Gasteiger partial charge >= 0.3 is 0 Å². The maximum Gasteiger partial charge on any atom is 0.238 e. The lowest BCUT2D eigenvalue weighted by Crippen LogP contribution is -2.47. The second-order valence-electron chi connectivity index (χ2n) is 7.17. The first-order chi connectivity index (χ1) is 11.8. The molecule has 5 nitrogen and oxygen atoms in total. The molecule has 0 unspecified atom stereocenters. The van der Waals surface area contributed by atoms with Crippen LogP contribution >= 0.6 is 11.6 Å². The number of amides is 2. The molecule has 2 rings (SSSR count). The van der Waals surface area contributed by atoms with E-state index in [9.17, 15) is 9.59 Å². The number of hydrogen-bond acceptors (Lipinski definition) is 3. The van der Waals surface area contributed by atoms with Gasteiger partial charge < -0.3 is 10.6 Å². The van der Waals surface area contributed by atoms with Gasteiger partial charge in [0.25, 0.3) is 0 Å². The van der Waals surface area contributed by atoms with Crippen molar-refractivity contribution >= 4 is 29.1 Å². The maximum absolute atomic E-state index is 12.3. The van der Waals surface area contributed by atoms with E-state index in [0.717, 1.165) is 12.8 Å². The second kappa shape index (κ2) is 9.20. The molecule has 1 aliphatic carbocycles. The van der Waals surface area contributed by atoms with Crippen LogP contribution in [0.4, 0.5) is 5.69 Å². The van der Waals surface area contributed by atoms with Gasteiger partial charge in [-0.2, -0.15) is 0 Å². The van der Waals surface area contributed by atoms with Crippen LogP contribution in [-0.4, -0.2) is 42.9 Å². The number of anilines is 1. The van der Waals surface area contributed by atoms with Gasteiger partial charge in [-0.1, -0.05) is 38.3 Å². The van der Waals surface area contributed by atoms with Gasteiger partial charge in [-0.15, -0.1) is 0 Å². The SMILES string of the molecule is C[C@@H]1[C@H](C)CCC[C@@H]1NC(=O)CN(C)CC(=O)Nc1ccc(Cl)cc1. The first-order valence-electron chi connectivity index (χ1n) is 8.88. The number of benzene rings is 1. The van der Waals surface area contributed by atoms with Crippen LogP contribution in [0.25, 0.3) is 0 Å². The lowest BCUT2D eigenvalue weighted by Gasteiger charge is -2.34. The van der Waals surface area contributed by atoms with Gasteiger partial charge in [0.05, 0.1) is 13.1 Å². The van der Waals surface area contributed by atoms with E-state index in [-0.39, 0.29) is 30.9 Å². The van der Waals surface area contributed by atoms with E-state index >= 15 is 0 Å². The van der Waals surface area contributed by atoms with Crippen LogP contribution in [0.3, 0.4) is 0 Å². The van der Waals surface area contributed by atoms with Gasteiger partial charge in [0.1, 0.15) is 0 Å². The van der Waals surface area contributed by atoms with Crippen molar-refractivity contribution in [1.29, 1.82) is 0 Å². The van der Waals surface area contributed by atoms with Crippen molar-refractivity contribution in [1.82, 2.24) is 10.2 Å². The second-order valence-corrected chi connectivity index (χ2v) is 7.61. The Morgan fingerprint density at radius 2 is 1.76 bits per heavy atom. The third kappa shape index (κ3) is 6.33. The van der Waals surface area contributed by atoms with Gasteiger partial charge in [0.2, 0.25) is 11.8 Å². The van der Waals surface area contributed by atoms with Crippen molar-refractivity contribution in [3.8, 4) is 0 Å². The van der Waals surface area contributed by atoms with Crippen LogP contribution in [0.15, 0.2) is 24.3 Å². The molecule has 0 radical (unpaired) electrons. The fourth-order valence-corrected chi connectivity index (χ4v) is 3.44. The van der Waals surface area contributed by atoms with E-state index in [1.165, 1.54) is 6.42 Å². The summed E-state index contributed by atoms with van der Waals surface area (Å²) < 4.78 is 0. The standard InChI is InChI=1S/C19H28ClN3O2/c1-13-5-4-6-17(14(13)2)22-19(25)12-23(3)11-18(24)21-16-9-7-15(20)8-10-16/h7-10,13-14,17H,4-6,11-12H2,1-3H3,(H,21,24)(H,22,25)/t13-,14-,17+/m1/s1. The topological polar surface area (TPSA) is 61.4 Å². The average molecular weight is 366 g/mol. The molecule has 2 amide bonds. The molecule has 1 saturated carbocycles. The molecule has 0 spiro atoms. The summed E-state index contributed by atoms with van der Waals surface area (Å²) in [5, 5.41) is 6.55. The highest BCUT2D eigenvalue weighted by molar-refractivity contribution is 6.30. The number of likely N-dealkylation sites (N-methyl/N-ethyl adjacent to an activating group) is 1. The first kappa shape index (κ1) is 19.7. The predicted molar refractivity (Wildman–Crippen MR) is 102 cm³/mol. The zero-order chi connectivity index (χ0) is 18.4. The fraction of sp³-hybridized carbons (Fsp3) is 0.579. The van der Waals surface area contributed by atoms with Gasteiger partial charge in [-0.05, 0) is 49.6 Å². The highest BCUT2D eigenvalue weighted by atomic mass is 35.5. The molecule has 2 N–H and O–H groups in total. The lowest BCUT2D eigenvalue weighted by molar-refractivity contribution is -0.124. The predicted octanol–water partition coefficient (Wildman–Crippen LogP) is 3.15. The van der Waals surface area contributed by atoms with Crippen LogP contribution in [0.2, 0.25) is 5.02 Å². The molecule has 0 aliphatic heterocycles. The highest BCUT2D eigenvalue weighted by Gasteiger charge is 2.28. The Bertz CT molecular complexity index is 591. The number of nitrogens with zero attached hydrogens (tertiary/aromatic N) is 1. The van der Waals surface area contributed by atoms with Crippen molar-refractivity contribution in [3.63, 3.8) is 0 Å². The Balaban J connectivity index is 1.75. The summed E-state index contributed by atoms with van der Waals surface area (Å²) in [5.41, 5.74) is 0.692. The Morgan fingerprint density at radius 3 is 2.44 bits per heavy atom. The summed E-state index contributed by atoms with van der Waals surface area (Å²) in [6, 6.07) is 7.19. The molecular weight excluding hydrogens is 338 g/mol. The molecule has 0 bridgehead atoms. The summed E-state index contributed by atoms with van der Waals surface area (Å²) in [5.74, 6) is 0.961. The summed E-state index contributed by atoms with van der Waals surface area (Å²) in [4.78, 5) is 26.0. The maximum atomic E-state index is 12.3. The minimum Gasteiger partial charge on any atom is -0.352 e. The van der Waals surface area contributed by atoms with Crippen LogP contribution in [0, 0.1) is 11.8 Å². The molecule has 0 saturated heterocycles. The number of carbonyl (C=O) groups is 2. The quantitative estimate of drug-likeness (QED) is 0.814. The number of rotatable bonds is 6. The molecule has 138 valence electrons. The zero-order valence-electron chi connectivity index (χ0n) is 15.2. The minimum atomic E-state index is -0.155. The molecule has 1 aliphatic rings. The van der Waals surface area contributed by atoms with E-state index in [1.54, 1.807) is 36.2 Å². The zero-order valence-corrected chi connectivity index (χ0v) is 16.0. The largest absolute Gasteiger partial charge is 0.352 e. The van der Waals surface area contributed by atoms with Crippen LogP contribution in [0.5, 0.6) is 0 Å². The fourth-order valence-electron chi connectivity index (χ4n) is 3.32. The van der Waals surface area contributed by atoms with Gasteiger partial charge in [0.15, 0.2) is 0 Å². The number of halogens is 1. The number of hydrogen-bond donors (Lipinski definition) is 2. The van der Waals surface area contributed by atoms with E-state index in [4.69, 9.17) is 11.6 Å². The van der Waals surface area contributed by atoms with Gasteiger partial charge in [-0.25, -0.2) is 0 Å². The van der Waals surface area contributed by atoms with Crippen LogP contribution in [0.1, 0.15) is 33.1 Å². The molecule has 25 heavy (non-hydrogen) atoms. The lowest BCUT2D eigenvalue weighted by atomic mass is 9.78. The molecule has 0 heterocycles. The molecule has 1 aromatic carbocycles. The van der Waals surface area contributed by atoms with Crippen LogP contribution in [-0.2, 0) is 9.59 Å². The first-order valence-corrected chi connectivity index (χ1v) is 9.26. The normalized spacial score (nSPS) is 23.3. The monoisotopic (exact) mass is 365 g/mol.